The third-order valence-corrected chi connectivity index (χ3v) is 3.89. The number of amidine groups is 1. The summed E-state index contributed by atoms with van der Waals surface area (Å²) in [4.78, 5) is 27.0. The van der Waals surface area contributed by atoms with E-state index in [1.807, 2.05) is 24.3 Å². The zero-order chi connectivity index (χ0) is 17.6. The average Bonchev–Trinajstić information content (AvgIpc) is 3.26. The van der Waals surface area contributed by atoms with Gasteiger partial charge >= 0.3 is 5.97 Å². The van der Waals surface area contributed by atoms with Gasteiger partial charge in [0.05, 0.1) is 18.2 Å². The number of hydrogen-bond donors (Lipinski definition) is 1. The van der Waals surface area contributed by atoms with Crippen LogP contribution in [0, 0.1) is 0 Å². The SMILES string of the molecule is COC(=O)/C=C1/S/C(=N\N=Cc2ccc(-c3ncon3)cc2)NC1=O. The fourth-order valence-corrected chi connectivity index (χ4v) is 2.54. The minimum Gasteiger partial charge on any atom is -0.466 e. The molecule has 0 bridgehead atoms. The molecule has 0 radical (unpaired) electrons. The maximum absolute atomic E-state index is 11.7. The average molecular weight is 357 g/mol. The Morgan fingerprint density at radius 2 is 2.16 bits per heavy atom. The van der Waals surface area contributed by atoms with Crippen molar-refractivity contribution < 1.29 is 18.8 Å². The molecule has 1 aromatic heterocycles. The van der Waals surface area contributed by atoms with Crippen LogP contribution in [0.5, 0.6) is 0 Å². The van der Waals surface area contributed by atoms with E-state index in [1.54, 1.807) is 0 Å². The highest BCUT2D eigenvalue weighted by molar-refractivity contribution is 8.18. The zero-order valence-electron chi connectivity index (χ0n) is 12.9. The minimum absolute atomic E-state index is 0.199. The Kier molecular flexibility index (Phi) is 5.00. The summed E-state index contributed by atoms with van der Waals surface area (Å²) < 4.78 is 9.17. The second-order valence-electron chi connectivity index (χ2n) is 4.61. The smallest absolute Gasteiger partial charge is 0.331 e. The minimum atomic E-state index is -0.607. The van der Waals surface area contributed by atoms with Crippen LogP contribution in [0.3, 0.4) is 0 Å². The number of carbonyl (C=O) groups excluding carboxylic acids is 2. The van der Waals surface area contributed by atoms with Crippen molar-refractivity contribution in [3.8, 4) is 11.4 Å². The summed E-state index contributed by atoms with van der Waals surface area (Å²) >= 11 is 1.01. The first-order valence-corrected chi connectivity index (χ1v) is 7.74. The fourth-order valence-electron chi connectivity index (χ4n) is 1.81. The van der Waals surface area contributed by atoms with Crippen LogP contribution in [0.4, 0.5) is 0 Å². The van der Waals surface area contributed by atoms with Crippen LogP contribution in [0.1, 0.15) is 5.56 Å². The first-order chi connectivity index (χ1) is 12.2. The van der Waals surface area contributed by atoms with Crippen molar-refractivity contribution in [2.75, 3.05) is 7.11 Å². The molecule has 10 heteroatoms. The van der Waals surface area contributed by atoms with Crippen molar-refractivity contribution in [1.82, 2.24) is 15.5 Å². The van der Waals surface area contributed by atoms with Crippen molar-refractivity contribution >= 4 is 35.0 Å². The van der Waals surface area contributed by atoms with Crippen LogP contribution in [0.15, 0.2) is 56.4 Å². The molecule has 1 aromatic carbocycles. The van der Waals surface area contributed by atoms with Gasteiger partial charge in [0.2, 0.25) is 12.2 Å². The first-order valence-electron chi connectivity index (χ1n) is 6.92. The van der Waals surface area contributed by atoms with E-state index in [9.17, 15) is 9.59 Å². The van der Waals surface area contributed by atoms with Gasteiger partial charge in [-0.25, -0.2) is 4.79 Å². The lowest BCUT2D eigenvalue weighted by molar-refractivity contribution is -0.135. The van der Waals surface area contributed by atoms with Gasteiger partial charge in [-0.3, -0.25) is 10.1 Å². The number of carbonyl (C=O) groups is 2. The summed E-state index contributed by atoms with van der Waals surface area (Å²) in [5, 5.41) is 14.4. The molecular weight excluding hydrogens is 346 g/mol. The molecule has 1 aliphatic rings. The van der Waals surface area contributed by atoms with Gasteiger partial charge in [0.1, 0.15) is 0 Å². The molecule has 9 nitrogen and oxygen atoms in total. The normalized spacial score (nSPS) is 17.4. The van der Waals surface area contributed by atoms with Crippen LogP contribution in [-0.4, -0.2) is 40.5 Å². The quantitative estimate of drug-likeness (QED) is 0.379. The van der Waals surface area contributed by atoms with Gasteiger partial charge in [-0.05, 0) is 17.3 Å². The van der Waals surface area contributed by atoms with E-state index in [1.165, 1.54) is 19.7 Å². The lowest BCUT2D eigenvalue weighted by Crippen LogP contribution is -2.19. The summed E-state index contributed by atoms with van der Waals surface area (Å²) in [7, 11) is 1.24. The Hall–Kier alpha value is -3.27. The number of benzene rings is 1. The van der Waals surface area contributed by atoms with Gasteiger partial charge < -0.3 is 9.26 Å². The molecule has 0 saturated carbocycles. The predicted octanol–water partition coefficient (Wildman–Crippen LogP) is 1.35. The molecule has 0 unspecified atom stereocenters. The monoisotopic (exact) mass is 357 g/mol. The molecule has 1 saturated heterocycles. The Labute approximate surface area is 145 Å². The summed E-state index contributed by atoms with van der Waals surface area (Å²) in [6, 6.07) is 7.28. The predicted molar refractivity (Wildman–Crippen MR) is 90.6 cm³/mol. The molecule has 126 valence electrons. The number of aromatic nitrogens is 2. The molecule has 1 aliphatic heterocycles. The number of rotatable bonds is 4. The third-order valence-electron chi connectivity index (χ3n) is 2.99. The van der Waals surface area contributed by atoms with Gasteiger partial charge in [0, 0.05) is 11.6 Å². The van der Waals surface area contributed by atoms with Crippen LogP contribution in [0.25, 0.3) is 11.4 Å². The molecule has 25 heavy (non-hydrogen) atoms. The molecule has 3 rings (SSSR count). The molecule has 1 fully saturated rings. The topological polar surface area (TPSA) is 119 Å². The Bertz CT molecular complexity index is 872. The van der Waals surface area contributed by atoms with Crippen LogP contribution in [0.2, 0.25) is 0 Å². The van der Waals surface area contributed by atoms with Gasteiger partial charge in [0.15, 0.2) is 5.17 Å². The summed E-state index contributed by atoms with van der Waals surface area (Å²) in [6.45, 7) is 0. The second-order valence-corrected chi connectivity index (χ2v) is 5.65. The van der Waals surface area contributed by atoms with Crippen molar-refractivity contribution in [2.45, 2.75) is 0 Å². The van der Waals surface area contributed by atoms with Crippen LogP contribution in [-0.2, 0) is 14.3 Å². The number of nitrogens with one attached hydrogen (secondary N) is 1. The highest BCUT2D eigenvalue weighted by atomic mass is 32.2. The van der Waals surface area contributed by atoms with Crippen LogP contribution < -0.4 is 5.32 Å². The lowest BCUT2D eigenvalue weighted by Gasteiger charge is -1.95. The van der Waals surface area contributed by atoms with Crippen molar-refractivity contribution in [1.29, 1.82) is 0 Å². The molecule has 0 spiro atoms. The zero-order valence-corrected chi connectivity index (χ0v) is 13.7. The number of ether oxygens (including phenoxy) is 1. The van der Waals surface area contributed by atoms with E-state index in [0.29, 0.717) is 5.82 Å². The Morgan fingerprint density at radius 3 is 2.84 bits per heavy atom. The first kappa shape index (κ1) is 16.6. The number of amides is 1. The highest BCUT2D eigenvalue weighted by Gasteiger charge is 2.24. The Morgan fingerprint density at radius 1 is 1.36 bits per heavy atom. The van der Waals surface area contributed by atoms with E-state index in [4.69, 9.17) is 4.52 Å². The molecule has 0 atom stereocenters. The number of methoxy groups -OCH3 is 1. The molecular formula is C15H11N5O4S. The maximum Gasteiger partial charge on any atom is 0.331 e. The summed E-state index contributed by atoms with van der Waals surface area (Å²) in [6.07, 6.45) is 3.89. The van der Waals surface area contributed by atoms with Crippen molar-refractivity contribution in [3.63, 3.8) is 0 Å². The van der Waals surface area contributed by atoms with E-state index in [-0.39, 0.29) is 10.1 Å². The van der Waals surface area contributed by atoms with Crippen molar-refractivity contribution in [2.24, 2.45) is 10.2 Å². The number of esters is 1. The second kappa shape index (κ2) is 7.53. The molecule has 1 N–H and O–H groups in total. The number of thioether (sulfide) groups is 1. The largest absolute Gasteiger partial charge is 0.466 e. The van der Waals surface area contributed by atoms with Gasteiger partial charge in [-0.15, -0.1) is 5.10 Å². The summed E-state index contributed by atoms with van der Waals surface area (Å²) in [5.41, 5.74) is 1.62. The van der Waals surface area contributed by atoms with Crippen LogP contribution >= 0.6 is 11.8 Å². The van der Waals surface area contributed by atoms with E-state index >= 15 is 0 Å². The maximum atomic E-state index is 11.7. The van der Waals surface area contributed by atoms with Crippen molar-refractivity contribution in [3.05, 3.63) is 47.2 Å². The fraction of sp³-hybridized carbons (Fsp3) is 0.0667. The number of hydrogen-bond acceptors (Lipinski definition) is 9. The molecule has 2 heterocycles. The van der Waals surface area contributed by atoms with Gasteiger partial charge in [0.25, 0.3) is 5.91 Å². The van der Waals surface area contributed by atoms with E-state index < -0.39 is 11.9 Å². The molecule has 2 aromatic rings. The lowest BCUT2D eigenvalue weighted by atomic mass is 10.1. The standard InChI is InChI=1S/C15H11N5O4S/c1-23-12(21)6-11-14(22)18-15(25-11)19-17-7-9-2-4-10(5-3-9)13-16-8-24-20-13/h2-8H,1H3,(H,18,19,22)/b11-6+,17-7?. The number of nitrogens with zero attached hydrogens (tertiary/aromatic N) is 4. The van der Waals surface area contributed by atoms with E-state index in [0.717, 1.165) is 29.0 Å². The Balaban J connectivity index is 1.65. The third kappa shape index (κ3) is 4.18. The van der Waals surface area contributed by atoms with Gasteiger partial charge in [-0.1, -0.05) is 29.4 Å². The molecule has 1 amide bonds. The summed E-state index contributed by atoms with van der Waals surface area (Å²) in [5.74, 6) is -0.531. The highest BCUT2D eigenvalue weighted by Crippen LogP contribution is 2.23. The molecule has 0 aliphatic carbocycles. The van der Waals surface area contributed by atoms with E-state index in [2.05, 4.69) is 30.4 Å². The van der Waals surface area contributed by atoms with Gasteiger partial charge in [-0.2, -0.15) is 10.1 Å².